The quantitative estimate of drug-likeness (QED) is 0.917. The van der Waals surface area contributed by atoms with E-state index in [1.807, 2.05) is 6.92 Å². The number of piperidine rings is 1. The molecule has 2 rings (SSSR count). The van der Waals surface area contributed by atoms with Crippen LogP contribution in [0.4, 0.5) is 5.69 Å². The number of rotatable bonds is 4. The summed E-state index contributed by atoms with van der Waals surface area (Å²) in [6.07, 6.45) is 1.21. The molecule has 1 heterocycles. The Morgan fingerprint density at radius 3 is 2.50 bits per heavy atom. The van der Waals surface area contributed by atoms with Gasteiger partial charge in [0, 0.05) is 18.3 Å². The first-order valence-corrected chi connectivity index (χ1v) is 7.67. The Morgan fingerprint density at radius 2 is 1.95 bits per heavy atom. The molecule has 1 aliphatic rings. The second-order valence-corrected chi connectivity index (χ2v) is 6.55. The molecule has 0 radical (unpaired) electrons. The van der Waals surface area contributed by atoms with E-state index >= 15 is 0 Å². The molecule has 0 aromatic heterocycles. The lowest BCUT2D eigenvalue weighted by atomic mass is 9.73. The SMILES string of the molecule is CCOc1ccc(N2C[C@@H](CN)CC(C)(C)C2C)cc1. The standard InChI is InChI=1S/C17H28N2O/c1-5-20-16-8-6-15(7-9-16)19-12-14(11-18)10-17(3,4)13(19)2/h6-9,13-14H,5,10-12,18H2,1-4H3/t13?,14-/m1/s1. The molecule has 0 bridgehead atoms. The highest BCUT2D eigenvalue weighted by atomic mass is 16.5. The third kappa shape index (κ3) is 3.09. The summed E-state index contributed by atoms with van der Waals surface area (Å²) in [6.45, 7) is 11.6. The lowest BCUT2D eigenvalue weighted by molar-refractivity contribution is 0.176. The molecule has 3 heteroatoms. The fourth-order valence-electron chi connectivity index (χ4n) is 3.22. The van der Waals surface area contributed by atoms with Crippen LogP contribution in [0.1, 0.15) is 34.1 Å². The van der Waals surface area contributed by atoms with E-state index in [-0.39, 0.29) is 0 Å². The average molecular weight is 276 g/mol. The van der Waals surface area contributed by atoms with Gasteiger partial charge in [-0.25, -0.2) is 0 Å². The predicted molar refractivity (Wildman–Crippen MR) is 85.4 cm³/mol. The zero-order valence-electron chi connectivity index (χ0n) is 13.2. The molecular weight excluding hydrogens is 248 g/mol. The Labute approximate surface area is 123 Å². The molecule has 1 aromatic rings. The Morgan fingerprint density at radius 1 is 1.30 bits per heavy atom. The lowest BCUT2D eigenvalue weighted by Crippen LogP contribution is -2.53. The zero-order valence-corrected chi connectivity index (χ0v) is 13.2. The molecule has 1 unspecified atom stereocenters. The number of hydrogen-bond acceptors (Lipinski definition) is 3. The number of nitrogens with zero attached hydrogens (tertiary/aromatic N) is 1. The Kier molecular flexibility index (Phi) is 4.59. The second kappa shape index (κ2) is 6.04. The molecule has 2 atom stereocenters. The van der Waals surface area contributed by atoms with Crippen LogP contribution in [0.15, 0.2) is 24.3 Å². The van der Waals surface area contributed by atoms with Crippen molar-refractivity contribution in [3.8, 4) is 5.75 Å². The van der Waals surface area contributed by atoms with Gasteiger partial charge in [-0.3, -0.25) is 0 Å². The summed E-state index contributed by atoms with van der Waals surface area (Å²) >= 11 is 0. The number of nitrogens with two attached hydrogens (primary N) is 1. The molecule has 0 amide bonds. The first kappa shape index (κ1) is 15.2. The van der Waals surface area contributed by atoms with Crippen molar-refractivity contribution in [2.24, 2.45) is 17.1 Å². The summed E-state index contributed by atoms with van der Waals surface area (Å²) in [5, 5.41) is 0. The van der Waals surface area contributed by atoms with Crippen LogP contribution in [0.5, 0.6) is 5.75 Å². The number of benzene rings is 1. The highest BCUT2D eigenvalue weighted by Gasteiger charge is 2.38. The van der Waals surface area contributed by atoms with Gasteiger partial charge < -0.3 is 15.4 Å². The van der Waals surface area contributed by atoms with Crippen molar-refractivity contribution in [2.45, 2.75) is 40.2 Å². The van der Waals surface area contributed by atoms with Crippen LogP contribution >= 0.6 is 0 Å². The van der Waals surface area contributed by atoms with Crippen LogP contribution in [0, 0.1) is 11.3 Å². The summed E-state index contributed by atoms with van der Waals surface area (Å²) in [4.78, 5) is 2.50. The fraction of sp³-hybridized carbons (Fsp3) is 0.647. The molecule has 0 saturated carbocycles. The van der Waals surface area contributed by atoms with Crippen LogP contribution in [0.3, 0.4) is 0 Å². The van der Waals surface area contributed by atoms with Crippen LogP contribution in [-0.2, 0) is 0 Å². The van der Waals surface area contributed by atoms with Gasteiger partial charge in [0.1, 0.15) is 5.75 Å². The first-order valence-electron chi connectivity index (χ1n) is 7.67. The molecule has 1 fully saturated rings. The molecule has 3 nitrogen and oxygen atoms in total. The molecular formula is C17H28N2O. The molecule has 1 aliphatic heterocycles. The summed E-state index contributed by atoms with van der Waals surface area (Å²) in [5.41, 5.74) is 7.49. The minimum absolute atomic E-state index is 0.293. The lowest BCUT2D eigenvalue weighted by Gasteiger charge is -2.49. The molecule has 1 saturated heterocycles. The van der Waals surface area contributed by atoms with Gasteiger partial charge in [0.15, 0.2) is 0 Å². The predicted octanol–water partition coefficient (Wildman–Crippen LogP) is 3.29. The first-order chi connectivity index (χ1) is 9.47. The fourth-order valence-corrected chi connectivity index (χ4v) is 3.22. The number of anilines is 1. The van der Waals surface area contributed by atoms with Gasteiger partial charge in [-0.15, -0.1) is 0 Å². The van der Waals surface area contributed by atoms with Gasteiger partial charge in [0.2, 0.25) is 0 Å². The van der Waals surface area contributed by atoms with E-state index in [1.165, 1.54) is 12.1 Å². The van der Waals surface area contributed by atoms with Gasteiger partial charge in [-0.05, 0) is 62.4 Å². The van der Waals surface area contributed by atoms with E-state index in [1.54, 1.807) is 0 Å². The second-order valence-electron chi connectivity index (χ2n) is 6.55. The highest BCUT2D eigenvalue weighted by Crippen LogP contribution is 2.39. The van der Waals surface area contributed by atoms with Crippen LogP contribution in [-0.4, -0.2) is 25.7 Å². The molecule has 112 valence electrons. The Balaban J connectivity index is 2.20. The average Bonchev–Trinajstić information content (AvgIpc) is 2.43. The molecule has 2 N–H and O–H groups in total. The molecule has 20 heavy (non-hydrogen) atoms. The van der Waals surface area contributed by atoms with Gasteiger partial charge in [0.25, 0.3) is 0 Å². The largest absolute Gasteiger partial charge is 0.494 e. The monoisotopic (exact) mass is 276 g/mol. The van der Waals surface area contributed by atoms with Crippen molar-refractivity contribution in [2.75, 3.05) is 24.6 Å². The Bertz CT molecular complexity index is 427. The van der Waals surface area contributed by atoms with Crippen molar-refractivity contribution < 1.29 is 4.74 Å². The van der Waals surface area contributed by atoms with Gasteiger partial charge in [-0.2, -0.15) is 0 Å². The van der Waals surface area contributed by atoms with E-state index in [4.69, 9.17) is 10.5 Å². The van der Waals surface area contributed by atoms with Crippen molar-refractivity contribution in [1.82, 2.24) is 0 Å². The Hall–Kier alpha value is -1.22. The smallest absolute Gasteiger partial charge is 0.119 e. The summed E-state index contributed by atoms with van der Waals surface area (Å²) in [5.74, 6) is 1.52. The maximum atomic E-state index is 5.93. The minimum Gasteiger partial charge on any atom is -0.494 e. The van der Waals surface area contributed by atoms with E-state index in [9.17, 15) is 0 Å². The maximum absolute atomic E-state index is 5.93. The van der Waals surface area contributed by atoms with Crippen molar-refractivity contribution in [3.63, 3.8) is 0 Å². The van der Waals surface area contributed by atoms with E-state index in [0.29, 0.717) is 24.0 Å². The van der Waals surface area contributed by atoms with Crippen LogP contribution < -0.4 is 15.4 Å². The number of hydrogen-bond donors (Lipinski definition) is 1. The normalized spacial score (nSPS) is 25.6. The highest BCUT2D eigenvalue weighted by molar-refractivity contribution is 5.51. The minimum atomic E-state index is 0.293. The van der Waals surface area contributed by atoms with Crippen molar-refractivity contribution in [1.29, 1.82) is 0 Å². The summed E-state index contributed by atoms with van der Waals surface area (Å²) in [7, 11) is 0. The van der Waals surface area contributed by atoms with Crippen molar-refractivity contribution in [3.05, 3.63) is 24.3 Å². The third-order valence-corrected chi connectivity index (χ3v) is 4.68. The number of ether oxygens (including phenoxy) is 1. The van der Waals surface area contributed by atoms with Crippen LogP contribution in [0.25, 0.3) is 0 Å². The molecule has 0 aliphatic carbocycles. The molecule has 1 aromatic carbocycles. The molecule has 0 spiro atoms. The van der Waals surface area contributed by atoms with E-state index < -0.39 is 0 Å². The maximum Gasteiger partial charge on any atom is 0.119 e. The zero-order chi connectivity index (χ0) is 14.8. The van der Waals surface area contributed by atoms with E-state index in [2.05, 4.69) is 49.9 Å². The summed E-state index contributed by atoms with van der Waals surface area (Å²) in [6, 6.07) is 8.96. The van der Waals surface area contributed by atoms with Crippen LogP contribution in [0.2, 0.25) is 0 Å². The van der Waals surface area contributed by atoms with Gasteiger partial charge >= 0.3 is 0 Å². The summed E-state index contributed by atoms with van der Waals surface area (Å²) < 4.78 is 5.52. The van der Waals surface area contributed by atoms with Gasteiger partial charge in [0.05, 0.1) is 6.61 Å². The van der Waals surface area contributed by atoms with Crippen molar-refractivity contribution >= 4 is 5.69 Å². The van der Waals surface area contributed by atoms with E-state index in [0.717, 1.165) is 18.8 Å². The topological polar surface area (TPSA) is 38.5 Å². The van der Waals surface area contributed by atoms with Gasteiger partial charge in [-0.1, -0.05) is 13.8 Å². The third-order valence-electron chi connectivity index (χ3n) is 4.68.